The smallest absolute Gasteiger partial charge is 0.327 e. The maximum absolute atomic E-state index is 10.1. The average Bonchev–Trinajstić information content (AvgIpc) is 2.32. The Hall–Kier alpha value is -0.310. The number of hydrogen-bond donors (Lipinski definition) is 2. The fourth-order valence-corrected chi connectivity index (χ4v) is 1.30. The van der Waals surface area contributed by atoms with Gasteiger partial charge in [-0.05, 0) is 11.9 Å². The molecule has 0 saturated carbocycles. The molecule has 0 aliphatic rings. The van der Waals surface area contributed by atoms with E-state index in [0.717, 1.165) is 0 Å². The maximum atomic E-state index is 10.1. The first-order chi connectivity index (χ1) is 5.08. The molecule has 1 heterocycles. The molecule has 0 amide bonds. The zero-order valence-electron chi connectivity index (χ0n) is 5.30. The Morgan fingerprint density at radius 1 is 1.55 bits per heavy atom. The van der Waals surface area contributed by atoms with Gasteiger partial charge in [0.15, 0.2) is 5.75 Å². The molecule has 2 N–H and O–H groups in total. The fraction of sp³-hybridized carbons (Fsp3) is 0. The summed E-state index contributed by atoms with van der Waals surface area (Å²) in [6, 6.07) is 1.58. The summed E-state index contributed by atoms with van der Waals surface area (Å²) in [5.41, 5.74) is 0. The van der Waals surface area contributed by atoms with Crippen molar-refractivity contribution in [3.05, 3.63) is 17.7 Å². The van der Waals surface area contributed by atoms with Crippen LogP contribution in [-0.2, 0) is 9.24 Å². The average molecular weight is 196 g/mol. The quantitative estimate of drug-likeness (QED) is 0.430. The Bertz CT molecular complexity index is 249. The second-order valence-electron chi connectivity index (χ2n) is 1.70. The molecule has 1 unspecified atom stereocenters. The van der Waals surface area contributed by atoms with E-state index in [1.165, 1.54) is 0 Å². The maximum Gasteiger partial charge on any atom is 0.505 e. The van der Waals surface area contributed by atoms with Crippen LogP contribution in [0.25, 0.3) is 0 Å². The molecule has 62 valence electrons. The van der Waals surface area contributed by atoms with Gasteiger partial charge in [-0.2, -0.15) is 0 Å². The van der Waals surface area contributed by atoms with Crippen molar-refractivity contribution in [1.82, 2.24) is 0 Å². The molecule has 0 bridgehead atoms. The lowest BCUT2D eigenvalue weighted by atomic mass is 10.6. The first kappa shape index (κ1) is 8.78. The Labute approximate surface area is 64.2 Å². The molecule has 0 fully saturated rings. The van der Waals surface area contributed by atoms with Crippen LogP contribution in [0.3, 0.4) is 0 Å². The molecular formula is C4H6O5P2. The lowest BCUT2D eigenvalue weighted by Crippen LogP contribution is -1.92. The first-order valence-electron chi connectivity index (χ1n) is 2.62. The third-order valence-corrected chi connectivity index (χ3v) is 1.88. The molecule has 0 aromatic carbocycles. The summed E-state index contributed by atoms with van der Waals surface area (Å²) in [4.78, 5) is 20.7. The summed E-state index contributed by atoms with van der Waals surface area (Å²) in [5, 5.41) is 0. The minimum atomic E-state index is -4.51. The number of phosphoric acid groups is 1. The number of hydrogen-bond acceptors (Lipinski definition) is 3. The van der Waals surface area contributed by atoms with Gasteiger partial charge in [0.05, 0.1) is 0 Å². The van der Waals surface area contributed by atoms with Crippen LogP contribution in [-0.4, -0.2) is 9.79 Å². The summed E-state index contributed by atoms with van der Waals surface area (Å²) in [7, 11) is -4.03. The Morgan fingerprint density at radius 3 is 2.73 bits per heavy atom. The second-order valence-corrected chi connectivity index (χ2v) is 3.78. The van der Waals surface area contributed by atoms with Gasteiger partial charge in [0, 0.05) is 5.80 Å². The van der Waals surface area contributed by atoms with Crippen LogP contribution in [0.15, 0.2) is 17.7 Å². The van der Waals surface area contributed by atoms with Crippen molar-refractivity contribution in [2.75, 3.05) is 0 Å². The molecule has 11 heavy (non-hydrogen) atoms. The predicted molar refractivity (Wildman–Crippen MR) is 39.7 cm³/mol. The van der Waals surface area contributed by atoms with Crippen molar-refractivity contribution in [1.29, 1.82) is 0 Å². The standard InChI is InChI=1S/C4H6O5P2/c5-11(6,7)9-8-4-1-2-10-3-4/h1-3,10H,(H2,5,6,7). The summed E-state index contributed by atoms with van der Waals surface area (Å²) >= 11 is 0. The van der Waals surface area contributed by atoms with Gasteiger partial charge < -0.3 is 14.7 Å². The zero-order chi connectivity index (χ0) is 8.32. The van der Waals surface area contributed by atoms with E-state index in [-0.39, 0.29) is 0 Å². The van der Waals surface area contributed by atoms with Crippen molar-refractivity contribution in [2.24, 2.45) is 0 Å². The molecule has 0 radical (unpaired) electrons. The summed E-state index contributed by atoms with van der Waals surface area (Å²) < 4.78 is 13.9. The molecule has 1 aromatic rings. The van der Waals surface area contributed by atoms with Crippen molar-refractivity contribution >= 4 is 16.0 Å². The second kappa shape index (κ2) is 3.39. The van der Waals surface area contributed by atoms with E-state index in [2.05, 4.69) is 9.56 Å². The van der Waals surface area contributed by atoms with Gasteiger partial charge in [0.2, 0.25) is 0 Å². The summed E-state index contributed by atoms with van der Waals surface area (Å²) in [6.45, 7) is 0. The normalized spacial score (nSPS) is 12.2. The van der Waals surface area contributed by atoms with Crippen LogP contribution in [0.2, 0.25) is 0 Å². The highest BCUT2D eigenvalue weighted by Gasteiger charge is 2.16. The molecule has 0 aliphatic heterocycles. The molecule has 1 atom stereocenters. The number of rotatable bonds is 3. The first-order valence-corrected chi connectivity index (χ1v) is 5.31. The van der Waals surface area contributed by atoms with E-state index in [4.69, 9.17) is 9.79 Å². The highest BCUT2D eigenvalue weighted by Crippen LogP contribution is 2.36. The van der Waals surface area contributed by atoms with Crippen molar-refractivity contribution in [3.8, 4) is 5.75 Å². The molecule has 1 aromatic heterocycles. The minimum absolute atomic E-state index is 0.326. The summed E-state index contributed by atoms with van der Waals surface area (Å²) in [5.74, 6) is 3.79. The Balaban J connectivity index is 2.41. The highest BCUT2D eigenvalue weighted by atomic mass is 31.2. The van der Waals surface area contributed by atoms with Crippen LogP contribution in [0.4, 0.5) is 0 Å². The van der Waals surface area contributed by atoms with Crippen LogP contribution in [0, 0.1) is 0 Å². The van der Waals surface area contributed by atoms with Crippen LogP contribution >= 0.6 is 16.0 Å². The topological polar surface area (TPSA) is 76.0 Å². The molecule has 0 saturated heterocycles. The van der Waals surface area contributed by atoms with Gasteiger partial charge in [0.25, 0.3) is 0 Å². The Kier molecular flexibility index (Phi) is 2.71. The molecule has 7 heteroatoms. The van der Waals surface area contributed by atoms with E-state index < -0.39 is 7.82 Å². The lowest BCUT2D eigenvalue weighted by molar-refractivity contribution is -0.122. The van der Waals surface area contributed by atoms with Gasteiger partial charge in [0.1, 0.15) is 0 Å². The highest BCUT2D eigenvalue weighted by molar-refractivity contribution is 7.46. The Morgan fingerprint density at radius 2 is 2.27 bits per heavy atom. The van der Waals surface area contributed by atoms with Gasteiger partial charge in [-0.1, -0.05) is 4.67 Å². The van der Waals surface area contributed by atoms with Crippen LogP contribution < -0.4 is 4.89 Å². The third-order valence-electron chi connectivity index (χ3n) is 0.800. The van der Waals surface area contributed by atoms with Gasteiger partial charge in [-0.3, -0.25) is 0 Å². The van der Waals surface area contributed by atoms with Crippen molar-refractivity contribution in [2.45, 2.75) is 0 Å². The van der Waals surface area contributed by atoms with Crippen LogP contribution in [0.5, 0.6) is 5.75 Å². The van der Waals surface area contributed by atoms with E-state index in [1.807, 2.05) is 0 Å². The molecule has 1 rings (SSSR count). The largest absolute Gasteiger partial charge is 0.505 e. The van der Waals surface area contributed by atoms with E-state index in [9.17, 15) is 4.57 Å². The van der Waals surface area contributed by atoms with E-state index in [1.54, 1.807) is 17.7 Å². The third kappa shape index (κ3) is 3.56. The van der Waals surface area contributed by atoms with Crippen molar-refractivity contribution in [3.63, 3.8) is 0 Å². The predicted octanol–water partition coefficient (Wildman–Crippen LogP) is 1.12. The lowest BCUT2D eigenvalue weighted by Gasteiger charge is -2.01. The molecule has 0 aliphatic carbocycles. The molecule has 5 nitrogen and oxygen atoms in total. The fourth-order valence-electron chi connectivity index (χ4n) is 0.452. The SMILES string of the molecule is O=P(O)(O)OOc1cc[pH]c1. The van der Waals surface area contributed by atoms with E-state index >= 15 is 0 Å². The van der Waals surface area contributed by atoms with Gasteiger partial charge in [-0.25, -0.2) is 4.57 Å². The minimum Gasteiger partial charge on any atom is -0.327 e. The zero-order valence-corrected chi connectivity index (χ0v) is 7.19. The molecule has 0 spiro atoms. The van der Waals surface area contributed by atoms with Crippen molar-refractivity contribution < 1.29 is 23.9 Å². The monoisotopic (exact) mass is 196 g/mol. The molecular weight excluding hydrogens is 190 g/mol. The van der Waals surface area contributed by atoms with Gasteiger partial charge >= 0.3 is 7.82 Å². The van der Waals surface area contributed by atoms with Crippen LogP contribution in [0.1, 0.15) is 0 Å². The summed E-state index contributed by atoms with van der Waals surface area (Å²) in [6.07, 6.45) is 0. The van der Waals surface area contributed by atoms with E-state index in [0.29, 0.717) is 13.9 Å². The van der Waals surface area contributed by atoms with Gasteiger partial charge in [-0.15, -0.1) is 8.19 Å².